The maximum absolute atomic E-state index is 4.94. The van der Waals surface area contributed by atoms with Crippen LogP contribution in [-0.4, -0.2) is 38.8 Å². The molecular weight excluding hydrogens is 222 g/mol. The molecule has 1 fully saturated rings. The van der Waals surface area contributed by atoms with Crippen molar-refractivity contribution in [1.29, 1.82) is 0 Å². The number of ether oxygens (including phenoxy) is 1. The molecule has 1 aliphatic rings. The van der Waals surface area contributed by atoms with Crippen LogP contribution in [0.4, 0.5) is 0 Å². The molecule has 0 atom stereocenters. The summed E-state index contributed by atoms with van der Waals surface area (Å²) in [6.45, 7) is 5.53. The van der Waals surface area contributed by atoms with E-state index in [9.17, 15) is 0 Å². The molecule has 0 spiro atoms. The summed E-state index contributed by atoms with van der Waals surface area (Å²) in [5, 5.41) is 0. The second-order valence-electron chi connectivity index (χ2n) is 5.60. The van der Waals surface area contributed by atoms with E-state index in [2.05, 4.69) is 25.9 Å². The van der Waals surface area contributed by atoms with Crippen LogP contribution in [-0.2, 0) is 4.74 Å². The highest BCUT2D eigenvalue weighted by Crippen LogP contribution is 2.08. The maximum Gasteiger partial charge on any atom is 0.0466 e. The van der Waals surface area contributed by atoms with Crippen LogP contribution in [0.2, 0.25) is 0 Å². The predicted octanol–water partition coefficient (Wildman–Crippen LogP) is 4.49. The van der Waals surface area contributed by atoms with E-state index in [4.69, 9.17) is 4.74 Å². The van der Waals surface area contributed by atoms with Gasteiger partial charge < -0.3 is 9.64 Å². The van der Waals surface area contributed by atoms with Crippen LogP contribution in [0.1, 0.15) is 71.1 Å². The van der Waals surface area contributed by atoms with Crippen molar-refractivity contribution < 1.29 is 4.74 Å². The van der Waals surface area contributed by atoms with Crippen molar-refractivity contribution in [3.05, 3.63) is 0 Å². The van der Waals surface area contributed by atoms with E-state index >= 15 is 0 Å². The van der Waals surface area contributed by atoms with Gasteiger partial charge in [-0.05, 0) is 39.9 Å². The van der Waals surface area contributed by atoms with Crippen molar-refractivity contribution in [2.75, 3.05) is 33.9 Å². The van der Waals surface area contributed by atoms with Crippen LogP contribution in [0.25, 0.3) is 0 Å². The standard InChI is InChI=1S/C12H27N.C4H8O/c1-4-5-6-7-8-9-10-11-12-13(2)3;1-2-4-5-3-1/h4-12H2,1-3H3;1-4H2. The molecule has 0 aliphatic carbocycles. The minimum absolute atomic E-state index is 1.00. The van der Waals surface area contributed by atoms with E-state index in [1.165, 1.54) is 70.8 Å². The summed E-state index contributed by atoms with van der Waals surface area (Å²) in [5.74, 6) is 0. The Labute approximate surface area is 115 Å². The Kier molecular flexibility index (Phi) is 14.9. The molecule has 0 radical (unpaired) electrons. The lowest BCUT2D eigenvalue weighted by Crippen LogP contribution is -2.12. The van der Waals surface area contributed by atoms with Crippen molar-refractivity contribution in [3.8, 4) is 0 Å². The summed E-state index contributed by atoms with van der Waals surface area (Å²) in [4.78, 5) is 2.27. The van der Waals surface area contributed by atoms with Crippen LogP contribution >= 0.6 is 0 Å². The number of unbranched alkanes of at least 4 members (excludes halogenated alkanes) is 7. The number of nitrogens with zero attached hydrogens (tertiary/aromatic N) is 1. The largest absolute Gasteiger partial charge is 0.381 e. The SMILES string of the molecule is C1CCOC1.CCCCCCCCCCN(C)C. The zero-order valence-corrected chi connectivity index (χ0v) is 13.0. The molecule has 0 aromatic heterocycles. The topological polar surface area (TPSA) is 12.5 Å². The highest BCUT2D eigenvalue weighted by atomic mass is 16.5. The van der Waals surface area contributed by atoms with E-state index < -0.39 is 0 Å². The quantitative estimate of drug-likeness (QED) is 0.564. The van der Waals surface area contributed by atoms with Crippen LogP contribution in [0.5, 0.6) is 0 Å². The Hall–Kier alpha value is -0.0800. The highest BCUT2D eigenvalue weighted by molar-refractivity contribution is 4.48. The molecule has 1 saturated heterocycles. The fourth-order valence-corrected chi connectivity index (χ4v) is 2.07. The summed E-state index contributed by atoms with van der Waals surface area (Å²) in [6, 6.07) is 0. The van der Waals surface area contributed by atoms with E-state index in [1.54, 1.807) is 0 Å². The van der Waals surface area contributed by atoms with Gasteiger partial charge in [-0.1, -0.05) is 51.9 Å². The molecule has 0 N–H and O–H groups in total. The minimum atomic E-state index is 1.00. The van der Waals surface area contributed by atoms with E-state index in [1.807, 2.05) is 0 Å². The first-order valence-corrected chi connectivity index (χ1v) is 8.00. The second kappa shape index (κ2) is 15.0. The van der Waals surface area contributed by atoms with Crippen molar-refractivity contribution in [2.45, 2.75) is 71.1 Å². The van der Waals surface area contributed by atoms with Gasteiger partial charge in [0, 0.05) is 13.2 Å². The van der Waals surface area contributed by atoms with Crippen LogP contribution < -0.4 is 0 Å². The fourth-order valence-electron chi connectivity index (χ4n) is 2.07. The normalized spacial score (nSPS) is 14.7. The number of rotatable bonds is 9. The molecule has 1 heterocycles. The Bertz CT molecular complexity index is 136. The van der Waals surface area contributed by atoms with Gasteiger partial charge in [0.25, 0.3) is 0 Å². The van der Waals surface area contributed by atoms with Gasteiger partial charge in [-0.3, -0.25) is 0 Å². The van der Waals surface area contributed by atoms with Gasteiger partial charge in [-0.25, -0.2) is 0 Å². The fraction of sp³-hybridized carbons (Fsp3) is 1.00. The summed E-state index contributed by atoms with van der Waals surface area (Å²) >= 11 is 0. The molecule has 1 rings (SSSR count). The summed E-state index contributed by atoms with van der Waals surface area (Å²) in [6.07, 6.45) is 13.9. The van der Waals surface area contributed by atoms with Crippen molar-refractivity contribution in [2.24, 2.45) is 0 Å². The first-order chi connectivity index (χ1) is 8.77. The molecule has 0 aromatic rings. The van der Waals surface area contributed by atoms with E-state index in [0.29, 0.717) is 0 Å². The number of hydrogen-bond donors (Lipinski definition) is 0. The van der Waals surface area contributed by atoms with Gasteiger partial charge in [0.15, 0.2) is 0 Å². The first-order valence-electron chi connectivity index (χ1n) is 8.00. The van der Waals surface area contributed by atoms with Crippen LogP contribution in [0, 0.1) is 0 Å². The summed E-state index contributed by atoms with van der Waals surface area (Å²) in [7, 11) is 4.31. The van der Waals surface area contributed by atoms with E-state index in [-0.39, 0.29) is 0 Å². The molecule has 0 aromatic carbocycles. The Morgan fingerprint density at radius 1 is 0.778 bits per heavy atom. The second-order valence-corrected chi connectivity index (χ2v) is 5.60. The van der Waals surface area contributed by atoms with Crippen molar-refractivity contribution >= 4 is 0 Å². The highest BCUT2D eigenvalue weighted by Gasteiger charge is 1.94. The predicted molar refractivity (Wildman–Crippen MR) is 81.2 cm³/mol. The smallest absolute Gasteiger partial charge is 0.0466 e. The van der Waals surface area contributed by atoms with Gasteiger partial charge >= 0.3 is 0 Å². The minimum Gasteiger partial charge on any atom is -0.381 e. The maximum atomic E-state index is 4.94. The monoisotopic (exact) mass is 257 g/mol. The van der Waals surface area contributed by atoms with Crippen molar-refractivity contribution in [1.82, 2.24) is 4.90 Å². The third-order valence-corrected chi connectivity index (χ3v) is 3.29. The van der Waals surface area contributed by atoms with Gasteiger partial charge in [0.05, 0.1) is 0 Å². The lowest BCUT2D eigenvalue weighted by atomic mass is 10.1. The first kappa shape index (κ1) is 17.9. The zero-order chi connectivity index (χ0) is 13.5. The third-order valence-electron chi connectivity index (χ3n) is 3.29. The lowest BCUT2D eigenvalue weighted by molar-refractivity contribution is 0.198. The van der Waals surface area contributed by atoms with Crippen LogP contribution in [0.15, 0.2) is 0 Å². The molecule has 2 nitrogen and oxygen atoms in total. The van der Waals surface area contributed by atoms with Gasteiger partial charge in [0.1, 0.15) is 0 Å². The summed E-state index contributed by atoms with van der Waals surface area (Å²) in [5.41, 5.74) is 0. The van der Waals surface area contributed by atoms with Gasteiger partial charge in [-0.2, -0.15) is 0 Å². The van der Waals surface area contributed by atoms with E-state index in [0.717, 1.165) is 13.2 Å². The molecule has 18 heavy (non-hydrogen) atoms. The Morgan fingerprint density at radius 3 is 1.67 bits per heavy atom. The van der Waals surface area contributed by atoms with Gasteiger partial charge in [0.2, 0.25) is 0 Å². The molecule has 1 aliphatic heterocycles. The molecule has 0 saturated carbocycles. The van der Waals surface area contributed by atoms with Gasteiger partial charge in [-0.15, -0.1) is 0 Å². The zero-order valence-electron chi connectivity index (χ0n) is 13.0. The Morgan fingerprint density at radius 2 is 1.28 bits per heavy atom. The Balaban J connectivity index is 0.000000473. The molecular formula is C16H35NO. The average Bonchev–Trinajstić information content (AvgIpc) is 2.91. The van der Waals surface area contributed by atoms with Crippen LogP contribution in [0.3, 0.4) is 0 Å². The molecule has 0 amide bonds. The van der Waals surface area contributed by atoms with Crippen molar-refractivity contribution in [3.63, 3.8) is 0 Å². The third kappa shape index (κ3) is 15.9. The molecule has 2 heteroatoms. The molecule has 0 bridgehead atoms. The number of hydrogen-bond acceptors (Lipinski definition) is 2. The molecule has 0 unspecified atom stereocenters. The lowest BCUT2D eigenvalue weighted by Gasteiger charge is -2.08. The molecule has 110 valence electrons. The summed E-state index contributed by atoms with van der Waals surface area (Å²) < 4.78 is 4.94. The average molecular weight is 257 g/mol.